The van der Waals surface area contributed by atoms with Crippen LogP contribution in [-0.2, 0) is 24.0 Å². The second-order valence-corrected chi connectivity index (χ2v) is 4.81. The van der Waals surface area contributed by atoms with Crippen LogP contribution in [0, 0.1) is 0 Å². The first kappa shape index (κ1) is 12.2. The number of carboxylic acids is 1. The van der Waals surface area contributed by atoms with Gasteiger partial charge in [0.25, 0.3) is 15.5 Å². The zero-order valence-corrected chi connectivity index (χ0v) is 7.66. The Kier molecular flexibility index (Phi) is 3.34. The molecule has 0 amide bonds. The molecule has 0 aliphatic heterocycles. The maximum absolute atomic E-state index is 10.2. The average Bonchev–Trinajstić information content (AvgIpc) is 1.82. The van der Waals surface area contributed by atoms with E-state index in [1.807, 2.05) is 0 Å². The predicted octanol–water partition coefficient (Wildman–Crippen LogP) is -1.18. The summed E-state index contributed by atoms with van der Waals surface area (Å²) >= 11 is 0. The van der Waals surface area contributed by atoms with Crippen molar-refractivity contribution in [3.8, 4) is 0 Å². The monoisotopic (exact) mass is 232 g/mol. The molecule has 0 unspecified atom stereocenters. The van der Waals surface area contributed by atoms with Crippen molar-refractivity contribution in [2.75, 3.05) is 5.75 Å². The molecule has 0 rings (SSSR count). The number of carbonyl (C=O) groups is 1. The van der Waals surface area contributed by atoms with Gasteiger partial charge in [-0.1, -0.05) is 0 Å². The van der Waals surface area contributed by atoms with Crippen molar-refractivity contribution < 1.29 is 37.1 Å². The third kappa shape index (κ3) is 3.23. The molecule has 10 heteroatoms. The molecule has 13 heavy (non-hydrogen) atoms. The summed E-state index contributed by atoms with van der Waals surface area (Å²) in [5.74, 6) is -4.06. The Bertz CT molecular complexity index is 370. The van der Waals surface area contributed by atoms with Crippen LogP contribution in [0.2, 0.25) is 0 Å². The van der Waals surface area contributed by atoms with E-state index in [9.17, 15) is 22.3 Å². The molecule has 0 aromatic carbocycles. The van der Waals surface area contributed by atoms with Gasteiger partial charge in [-0.25, -0.2) is 13.9 Å². The molecule has 3 N–H and O–H groups in total. The first-order valence-corrected chi connectivity index (χ1v) is 5.43. The topological polar surface area (TPSA) is 146 Å². The lowest BCUT2D eigenvalue weighted by molar-refractivity contribution is -0.148. The van der Waals surface area contributed by atoms with Crippen LogP contribution < -0.4 is 0 Å². The summed E-state index contributed by atoms with van der Waals surface area (Å²) in [5, 5.41) is 13.4. The molecular weight excluding hydrogens is 227 g/mol. The summed E-state index contributed by atoms with van der Waals surface area (Å²) in [6, 6.07) is 0. The Morgan fingerprint density at radius 3 is 1.85 bits per heavy atom. The van der Waals surface area contributed by atoms with E-state index in [2.05, 4.69) is 0 Å². The molecule has 0 radical (unpaired) electrons. The maximum atomic E-state index is 10.2. The van der Waals surface area contributed by atoms with Crippen molar-refractivity contribution in [3.63, 3.8) is 0 Å². The van der Waals surface area contributed by atoms with Gasteiger partial charge in [0.2, 0.25) is 0 Å². The fourth-order valence-electron chi connectivity index (χ4n) is 0.447. The molecule has 0 saturated carbocycles. The predicted molar refractivity (Wildman–Crippen MR) is 37.3 cm³/mol. The van der Waals surface area contributed by atoms with Gasteiger partial charge in [-0.2, -0.15) is 8.42 Å². The van der Waals surface area contributed by atoms with E-state index in [1.54, 1.807) is 0 Å². The zero-order chi connectivity index (χ0) is 10.9. The highest BCUT2D eigenvalue weighted by molar-refractivity contribution is 7.86. The molecule has 0 aromatic heterocycles. The van der Waals surface area contributed by atoms with Crippen LogP contribution in [0.5, 0.6) is 0 Å². The van der Waals surface area contributed by atoms with E-state index in [0.29, 0.717) is 0 Å². The largest absolute Gasteiger partial charge is 0.478 e. The van der Waals surface area contributed by atoms with Gasteiger partial charge in [0.15, 0.2) is 0 Å². The lowest BCUT2D eigenvalue weighted by atomic mass is 10.4. The van der Waals surface area contributed by atoms with E-state index in [1.165, 1.54) is 0 Å². The number of hydrogen-bond donors (Lipinski definition) is 3. The van der Waals surface area contributed by atoms with Gasteiger partial charge >= 0.3 is 13.6 Å². The summed E-state index contributed by atoms with van der Waals surface area (Å²) in [6.07, 6.45) is 0. The van der Waals surface area contributed by atoms with E-state index in [4.69, 9.17) is 14.8 Å². The molecule has 0 aliphatic rings. The van der Waals surface area contributed by atoms with Crippen LogP contribution in [0.15, 0.2) is 0 Å². The second kappa shape index (κ2) is 3.54. The second-order valence-electron chi connectivity index (χ2n) is 2.11. The summed E-state index contributed by atoms with van der Waals surface area (Å²) < 4.78 is 48.7. The molecule has 8 nitrogen and oxygen atoms in total. The highest BCUT2D eigenvalue weighted by Gasteiger charge is 2.47. The number of aliphatic carboxylic acids is 1. The SMILES string of the molecule is O=C(O)[C@](O)(CS(=O)(=O)O)P(=O)=O. The van der Waals surface area contributed by atoms with E-state index >= 15 is 0 Å². The lowest BCUT2D eigenvalue weighted by Gasteiger charge is -2.11. The Labute approximate surface area is 72.8 Å². The van der Waals surface area contributed by atoms with Gasteiger partial charge in [-0.05, 0) is 0 Å². The Morgan fingerprint density at radius 1 is 1.38 bits per heavy atom. The molecular formula is C3H5O8PS. The van der Waals surface area contributed by atoms with Gasteiger partial charge in [0.1, 0.15) is 5.75 Å². The summed E-state index contributed by atoms with van der Waals surface area (Å²) in [7, 11) is -8.82. The first-order valence-electron chi connectivity index (χ1n) is 2.65. The molecule has 0 saturated heterocycles. The minimum absolute atomic E-state index is 1.80. The highest BCUT2D eigenvalue weighted by atomic mass is 32.2. The van der Waals surface area contributed by atoms with Crippen LogP contribution >= 0.6 is 7.68 Å². The maximum Gasteiger partial charge on any atom is 0.361 e. The standard InChI is InChI=1S/C3H5O8PS/c4-2(5)3(6,12(7)8)1-13(9,10)11/h6H,1H2,(H,4,5)(H,9,10,11)/t3-/m0/s1. The summed E-state index contributed by atoms with van der Waals surface area (Å²) in [5.41, 5.74) is 0. The lowest BCUT2D eigenvalue weighted by Crippen LogP contribution is -2.40. The fourth-order valence-corrected chi connectivity index (χ4v) is 2.15. The van der Waals surface area contributed by atoms with Gasteiger partial charge in [0, 0.05) is 0 Å². The van der Waals surface area contributed by atoms with Gasteiger partial charge < -0.3 is 10.2 Å². The number of carboxylic acid groups (broad SMARTS) is 1. The van der Waals surface area contributed by atoms with E-state index < -0.39 is 34.9 Å². The van der Waals surface area contributed by atoms with Crippen molar-refractivity contribution in [1.82, 2.24) is 0 Å². The van der Waals surface area contributed by atoms with Gasteiger partial charge in [0.05, 0.1) is 0 Å². The van der Waals surface area contributed by atoms with Crippen molar-refractivity contribution in [2.45, 2.75) is 5.34 Å². The highest BCUT2D eigenvalue weighted by Crippen LogP contribution is 2.27. The number of hydrogen-bond acceptors (Lipinski definition) is 6. The molecule has 0 spiro atoms. The fraction of sp³-hybridized carbons (Fsp3) is 0.667. The van der Waals surface area contributed by atoms with Crippen molar-refractivity contribution >= 4 is 23.8 Å². The first-order chi connectivity index (χ1) is 5.59. The van der Waals surface area contributed by atoms with Crippen molar-refractivity contribution in [3.05, 3.63) is 0 Å². The Morgan fingerprint density at radius 2 is 1.77 bits per heavy atom. The van der Waals surface area contributed by atoms with Gasteiger partial charge in [-0.15, -0.1) is 0 Å². The smallest absolute Gasteiger partial charge is 0.361 e. The molecule has 0 heterocycles. The summed E-state index contributed by atoms with van der Waals surface area (Å²) in [6.45, 7) is 0. The third-order valence-corrected chi connectivity index (χ3v) is 2.98. The molecule has 0 aromatic rings. The average molecular weight is 232 g/mol. The van der Waals surface area contributed by atoms with Crippen LogP contribution in [0.4, 0.5) is 0 Å². The van der Waals surface area contributed by atoms with Crippen LogP contribution in [-0.4, -0.2) is 40.2 Å². The van der Waals surface area contributed by atoms with Crippen molar-refractivity contribution in [2.24, 2.45) is 0 Å². The Hall–Kier alpha value is -0.760. The quantitative estimate of drug-likeness (QED) is 0.405. The van der Waals surface area contributed by atoms with Crippen LogP contribution in [0.25, 0.3) is 0 Å². The number of aliphatic hydroxyl groups is 1. The minimum Gasteiger partial charge on any atom is -0.478 e. The zero-order valence-electron chi connectivity index (χ0n) is 5.95. The molecule has 0 aliphatic carbocycles. The van der Waals surface area contributed by atoms with E-state index in [-0.39, 0.29) is 0 Å². The van der Waals surface area contributed by atoms with Crippen LogP contribution in [0.3, 0.4) is 0 Å². The molecule has 0 fully saturated rings. The normalized spacial score (nSPS) is 16.2. The molecule has 76 valence electrons. The molecule has 1 atom stereocenters. The molecule has 0 bridgehead atoms. The van der Waals surface area contributed by atoms with Gasteiger partial charge in [-0.3, -0.25) is 4.55 Å². The summed E-state index contributed by atoms with van der Waals surface area (Å²) in [4.78, 5) is 10.1. The van der Waals surface area contributed by atoms with Crippen molar-refractivity contribution in [1.29, 1.82) is 0 Å². The van der Waals surface area contributed by atoms with Crippen LogP contribution in [0.1, 0.15) is 0 Å². The number of rotatable bonds is 4. The third-order valence-electron chi connectivity index (χ3n) is 1.03. The van der Waals surface area contributed by atoms with E-state index in [0.717, 1.165) is 0 Å². The minimum atomic E-state index is -4.89. The Balaban J connectivity index is 5.19.